The van der Waals surface area contributed by atoms with Gasteiger partial charge in [0.05, 0.1) is 23.3 Å². The molecule has 0 aromatic heterocycles. The van der Waals surface area contributed by atoms with Crippen molar-refractivity contribution in [1.82, 2.24) is 10.2 Å². The predicted octanol–water partition coefficient (Wildman–Crippen LogP) is 5.33. The molecule has 0 spiro atoms. The molecule has 238 valence electrons. The molecule has 0 aliphatic heterocycles. The van der Waals surface area contributed by atoms with Gasteiger partial charge in [0.15, 0.2) is 11.5 Å². The first-order chi connectivity index (χ1) is 21.1. The van der Waals surface area contributed by atoms with E-state index < -0.39 is 24.2 Å². The molecule has 2 aromatic carbocycles. The summed E-state index contributed by atoms with van der Waals surface area (Å²) in [5.41, 5.74) is 1.34. The van der Waals surface area contributed by atoms with E-state index in [9.17, 15) is 24.6 Å². The Morgan fingerprint density at radius 3 is 2.59 bits per heavy atom. The third-order valence-electron chi connectivity index (χ3n) is 8.17. The number of amides is 2. The summed E-state index contributed by atoms with van der Waals surface area (Å²) in [6.45, 7) is -0.114. The van der Waals surface area contributed by atoms with Gasteiger partial charge in [-0.2, -0.15) is 0 Å². The highest BCUT2D eigenvalue weighted by atomic mass is 127. The Labute approximate surface area is 281 Å². The van der Waals surface area contributed by atoms with Crippen molar-refractivity contribution >= 4 is 63.9 Å². The maximum atomic E-state index is 14.0. The van der Waals surface area contributed by atoms with E-state index in [0.29, 0.717) is 48.9 Å². The molecule has 2 amide bonds. The highest BCUT2D eigenvalue weighted by Crippen LogP contribution is 2.38. The van der Waals surface area contributed by atoms with Crippen LogP contribution in [0.5, 0.6) is 11.5 Å². The van der Waals surface area contributed by atoms with Gasteiger partial charge in [0.2, 0.25) is 11.8 Å². The summed E-state index contributed by atoms with van der Waals surface area (Å²) < 4.78 is 12.4. The summed E-state index contributed by atoms with van der Waals surface area (Å²) in [7, 11) is 1.44. The fraction of sp³-hybridized carbons (Fsp3) is 0.469. The lowest BCUT2D eigenvalue weighted by Crippen LogP contribution is -2.54. The van der Waals surface area contributed by atoms with Crippen LogP contribution in [0.3, 0.4) is 0 Å². The van der Waals surface area contributed by atoms with Crippen molar-refractivity contribution in [2.24, 2.45) is 5.92 Å². The Kier molecular flexibility index (Phi) is 12.7. The van der Waals surface area contributed by atoms with E-state index in [2.05, 4.69) is 5.32 Å². The molecule has 2 aromatic rings. The minimum Gasteiger partial charge on any atom is -0.493 e. The minimum absolute atomic E-state index is 0.0399. The van der Waals surface area contributed by atoms with Crippen molar-refractivity contribution in [2.75, 3.05) is 20.3 Å². The molecule has 0 radical (unpaired) electrons. The number of rotatable bonds is 13. The Hall–Kier alpha value is -2.38. The molecule has 44 heavy (non-hydrogen) atoms. The van der Waals surface area contributed by atoms with Crippen LogP contribution in [-0.2, 0) is 16.1 Å². The van der Waals surface area contributed by atoms with E-state index in [1.165, 1.54) is 19.3 Å². The Morgan fingerprint density at radius 2 is 1.93 bits per heavy atom. The van der Waals surface area contributed by atoms with E-state index in [4.69, 9.17) is 32.7 Å². The van der Waals surface area contributed by atoms with Gasteiger partial charge in [-0.25, -0.2) is 0 Å². The van der Waals surface area contributed by atoms with Crippen LogP contribution in [0.2, 0.25) is 10.0 Å². The highest BCUT2D eigenvalue weighted by molar-refractivity contribution is 14.1. The lowest BCUT2D eigenvalue weighted by Gasteiger charge is -2.41. The predicted molar refractivity (Wildman–Crippen MR) is 176 cm³/mol. The van der Waals surface area contributed by atoms with Gasteiger partial charge >= 0.3 is 0 Å². The Balaban J connectivity index is 1.71. The van der Waals surface area contributed by atoms with Crippen LogP contribution in [0.25, 0.3) is 0 Å². The molecule has 2 aliphatic carbocycles. The maximum Gasteiger partial charge on any atom is 0.247 e. The molecule has 3 unspecified atom stereocenters. The molecule has 1 saturated carbocycles. The number of benzene rings is 2. The largest absolute Gasteiger partial charge is 0.493 e. The molecule has 9 nitrogen and oxygen atoms in total. The number of carbonyl (C=O) groups excluding carboxylic acids is 3. The molecular weight excluding hydrogens is 722 g/mol. The van der Waals surface area contributed by atoms with E-state index in [0.717, 1.165) is 32.1 Å². The van der Waals surface area contributed by atoms with Gasteiger partial charge in [-0.15, -0.1) is 0 Å². The number of halogens is 3. The molecular formula is C32H37Cl2IN2O7. The fourth-order valence-corrected chi connectivity index (χ4v) is 7.05. The van der Waals surface area contributed by atoms with E-state index >= 15 is 0 Å². The summed E-state index contributed by atoms with van der Waals surface area (Å²) in [5.74, 6) is 0.451. The smallest absolute Gasteiger partial charge is 0.247 e. The lowest BCUT2D eigenvalue weighted by molar-refractivity contribution is -0.139. The Morgan fingerprint density at radius 1 is 1.18 bits per heavy atom. The van der Waals surface area contributed by atoms with Crippen LogP contribution in [-0.4, -0.2) is 71.7 Å². The summed E-state index contributed by atoms with van der Waals surface area (Å²) in [4.78, 5) is 40.2. The van der Waals surface area contributed by atoms with Gasteiger partial charge in [0.25, 0.3) is 0 Å². The zero-order chi connectivity index (χ0) is 31.8. The van der Waals surface area contributed by atoms with Gasteiger partial charge in [-0.3, -0.25) is 14.4 Å². The number of aldehydes is 1. The van der Waals surface area contributed by atoms with Gasteiger partial charge < -0.3 is 29.9 Å². The first-order valence-corrected chi connectivity index (χ1v) is 16.5. The quantitative estimate of drug-likeness (QED) is 0.186. The second kappa shape index (κ2) is 16.3. The topological polar surface area (TPSA) is 125 Å². The van der Waals surface area contributed by atoms with Crippen LogP contribution < -0.4 is 14.8 Å². The van der Waals surface area contributed by atoms with Crippen LogP contribution in [0.4, 0.5) is 0 Å². The number of nitrogens with zero attached hydrogens (tertiary/aromatic N) is 1. The monoisotopic (exact) mass is 758 g/mol. The standard InChI is InChI=1S/C32H37Cl2IN2O7/c1-43-28-13-20(18-39)12-25(35)31(28)44-27-15-22(32(42)36-10-11-38)14-26(30(27)41)37(17-21-7-8-23(33)16-24(21)34)29(40)9-6-19-4-2-3-5-19/h7-8,12-13,15-16,18-19,26-27,30,38,41H,2-6,9-11,14,17H2,1H3,(H,36,42). The molecule has 3 atom stereocenters. The SMILES string of the molecule is COc1cc(C=O)cc(I)c1OC1C=C(C(=O)NCCO)CC(N(Cc2ccc(Cl)cc2Cl)C(=O)CCC2CCCC2)C1O. The van der Waals surface area contributed by atoms with Crippen LogP contribution in [0.15, 0.2) is 42.0 Å². The molecule has 0 bridgehead atoms. The van der Waals surface area contributed by atoms with Crippen molar-refractivity contribution in [3.63, 3.8) is 0 Å². The third-order valence-corrected chi connectivity index (χ3v) is 9.56. The normalized spacial score (nSPS) is 20.1. The van der Waals surface area contributed by atoms with E-state index in [1.54, 1.807) is 29.2 Å². The van der Waals surface area contributed by atoms with Gasteiger partial charge in [-0.1, -0.05) is 55.0 Å². The summed E-state index contributed by atoms with van der Waals surface area (Å²) >= 11 is 14.7. The molecule has 0 heterocycles. The second-order valence-corrected chi connectivity index (χ2v) is 13.1. The number of nitrogens with one attached hydrogen (secondary N) is 1. The van der Waals surface area contributed by atoms with Crippen molar-refractivity contribution in [1.29, 1.82) is 0 Å². The average molecular weight is 759 g/mol. The van der Waals surface area contributed by atoms with Gasteiger partial charge in [-0.05, 0) is 70.8 Å². The molecule has 4 rings (SSSR count). The maximum absolute atomic E-state index is 14.0. The number of ether oxygens (including phenoxy) is 2. The van der Waals surface area contributed by atoms with Crippen LogP contribution in [0.1, 0.15) is 60.9 Å². The molecule has 0 saturated heterocycles. The number of carbonyl (C=O) groups is 3. The number of hydrogen-bond acceptors (Lipinski definition) is 7. The average Bonchev–Trinajstić information content (AvgIpc) is 3.54. The van der Waals surface area contributed by atoms with E-state index in [1.807, 2.05) is 22.6 Å². The molecule has 1 fully saturated rings. The third kappa shape index (κ3) is 8.66. The van der Waals surface area contributed by atoms with Gasteiger partial charge in [0.1, 0.15) is 18.5 Å². The van der Waals surface area contributed by atoms with Crippen molar-refractivity contribution in [2.45, 2.75) is 69.7 Å². The molecule has 2 aliphatic rings. The molecule has 3 N–H and O–H groups in total. The first kappa shape index (κ1) is 34.5. The van der Waals surface area contributed by atoms with Crippen molar-refractivity contribution in [3.05, 3.63) is 66.7 Å². The lowest BCUT2D eigenvalue weighted by atomic mass is 9.87. The minimum atomic E-state index is -1.24. The second-order valence-electron chi connectivity index (χ2n) is 11.1. The summed E-state index contributed by atoms with van der Waals surface area (Å²) in [5, 5.41) is 24.6. The van der Waals surface area contributed by atoms with Crippen LogP contribution >= 0.6 is 45.8 Å². The molecule has 12 heteroatoms. The first-order valence-electron chi connectivity index (χ1n) is 14.7. The van der Waals surface area contributed by atoms with Crippen LogP contribution in [0, 0.1) is 9.49 Å². The fourth-order valence-electron chi connectivity index (χ4n) is 5.83. The van der Waals surface area contributed by atoms with E-state index in [-0.39, 0.29) is 43.5 Å². The highest BCUT2D eigenvalue weighted by Gasteiger charge is 2.41. The zero-order valence-corrected chi connectivity index (χ0v) is 28.1. The number of aliphatic hydroxyl groups is 2. The zero-order valence-electron chi connectivity index (χ0n) is 24.4. The summed E-state index contributed by atoms with van der Waals surface area (Å²) in [6.07, 6.45) is 5.54. The number of aliphatic hydroxyl groups excluding tert-OH is 2. The number of methoxy groups -OCH3 is 1. The van der Waals surface area contributed by atoms with Gasteiger partial charge in [0, 0.05) is 47.1 Å². The Bertz CT molecular complexity index is 1380. The van der Waals surface area contributed by atoms with Crippen molar-refractivity contribution in [3.8, 4) is 11.5 Å². The number of hydrogen-bond donors (Lipinski definition) is 3. The van der Waals surface area contributed by atoms with Crippen molar-refractivity contribution < 1.29 is 34.1 Å². The summed E-state index contributed by atoms with van der Waals surface area (Å²) in [6, 6.07) is 7.35.